The Labute approximate surface area is 148 Å². The van der Waals surface area contributed by atoms with E-state index in [2.05, 4.69) is 10.4 Å². The van der Waals surface area contributed by atoms with Gasteiger partial charge in [-0.2, -0.15) is 5.10 Å². The summed E-state index contributed by atoms with van der Waals surface area (Å²) in [6.45, 7) is 0.686. The van der Waals surface area contributed by atoms with E-state index < -0.39 is 0 Å². The van der Waals surface area contributed by atoms with E-state index in [-0.39, 0.29) is 19.2 Å². The summed E-state index contributed by atoms with van der Waals surface area (Å²) >= 11 is 0. The number of amides is 2. The van der Waals surface area contributed by atoms with Gasteiger partial charge in [-0.05, 0) is 18.4 Å². The number of nitrogens with zero attached hydrogens (tertiary/aromatic N) is 3. The third-order valence-corrected chi connectivity index (χ3v) is 4.70. The van der Waals surface area contributed by atoms with Crippen molar-refractivity contribution >= 4 is 11.8 Å². The molecule has 25 heavy (non-hydrogen) atoms. The summed E-state index contributed by atoms with van der Waals surface area (Å²) in [7, 11) is 0. The fourth-order valence-corrected chi connectivity index (χ4v) is 3.40. The van der Waals surface area contributed by atoms with Gasteiger partial charge < -0.3 is 10.0 Å². The molecular formula is C19H26N4O2. The second-order valence-electron chi connectivity index (χ2n) is 6.51. The van der Waals surface area contributed by atoms with Gasteiger partial charge in [0.2, 0.25) is 0 Å². The number of hydrogen-bond donors (Lipinski definition) is 2. The molecule has 1 aromatic heterocycles. The molecule has 1 saturated carbocycles. The molecule has 0 unspecified atom stereocenters. The summed E-state index contributed by atoms with van der Waals surface area (Å²) in [5.74, 6) is 0.730. The maximum atomic E-state index is 12.7. The Balaban J connectivity index is 1.68. The first-order valence-electron chi connectivity index (χ1n) is 9.02. The van der Waals surface area contributed by atoms with Crippen LogP contribution in [0.25, 0.3) is 0 Å². The lowest BCUT2D eigenvalue weighted by atomic mass is 9.96. The van der Waals surface area contributed by atoms with E-state index in [1.54, 1.807) is 11.1 Å². The normalized spacial score (nSPS) is 15.1. The third-order valence-electron chi connectivity index (χ3n) is 4.70. The molecule has 1 fully saturated rings. The highest BCUT2D eigenvalue weighted by Gasteiger charge is 2.21. The largest absolute Gasteiger partial charge is 0.395 e. The van der Waals surface area contributed by atoms with Crippen LogP contribution in [-0.4, -0.2) is 39.0 Å². The molecule has 134 valence electrons. The average molecular weight is 342 g/mol. The number of aromatic nitrogens is 2. The van der Waals surface area contributed by atoms with E-state index in [0.717, 1.165) is 24.2 Å². The second-order valence-corrected chi connectivity index (χ2v) is 6.51. The lowest BCUT2D eigenvalue weighted by Crippen LogP contribution is -2.37. The quantitative estimate of drug-likeness (QED) is 0.845. The van der Waals surface area contributed by atoms with Gasteiger partial charge in [-0.15, -0.1) is 0 Å². The minimum absolute atomic E-state index is 0.0673. The van der Waals surface area contributed by atoms with E-state index >= 15 is 0 Å². The molecule has 1 heterocycles. The number of carbonyl (C=O) groups is 1. The first-order valence-corrected chi connectivity index (χ1v) is 9.02. The smallest absolute Gasteiger partial charge is 0.323 e. The number of nitrogens with one attached hydrogen (secondary N) is 1. The summed E-state index contributed by atoms with van der Waals surface area (Å²) in [5, 5.41) is 16.7. The maximum absolute atomic E-state index is 12.7. The van der Waals surface area contributed by atoms with Crippen LogP contribution in [0.4, 0.5) is 10.6 Å². The highest BCUT2D eigenvalue weighted by atomic mass is 16.3. The van der Waals surface area contributed by atoms with Gasteiger partial charge in [-0.25, -0.2) is 9.48 Å². The van der Waals surface area contributed by atoms with Crippen molar-refractivity contribution in [2.45, 2.75) is 44.7 Å². The third kappa shape index (κ3) is 4.60. The Morgan fingerprint density at radius 3 is 2.68 bits per heavy atom. The molecule has 0 radical (unpaired) electrons. The van der Waals surface area contributed by atoms with E-state index in [0.29, 0.717) is 12.6 Å². The van der Waals surface area contributed by atoms with Crippen LogP contribution in [0, 0.1) is 0 Å². The number of anilines is 1. The standard InChI is InChI=1S/C19H26N4O2/c24-14-13-22(15-16-7-3-1-4-8-16)19(25)21-18-11-12-20-23(18)17-9-5-2-6-10-17/h1,3-4,7-8,11-12,17,24H,2,5-6,9-10,13-15H2,(H,21,25). The van der Waals surface area contributed by atoms with Crippen molar-refractivity contribution in [2.24, 2.45) is 0 Å². The summed E-state index contributed by atoms with van der Waals surface area (Å²) < 4.78 is 1.94. The Kier molecular flexibility index (Phi) is 6.06. The zero-order valence-electron chi connectivity index (χ0n) is 14.5. The highest BCUT2D eigenvalue weighted by Crippen LogP contribution is 2.30. The zero-order chi connectivity index (χ0) is 17.5. The van der Waals surface area contributed by atoms with Gasteiger partial charge in [0.05, 0.1) is 18.8 Å². The summed E-state index contributed by atoms with van der Waals surface area (Å²) in [5.41, 5.74) is 1.03. The van der Waals surface area contributed by atoms with Crippen LogP contribution in [0.2, 0.25) is 0 Å². The first kappa shape index (κ1) is 17.5. The molecule has 0 atom stereocenters. The Morgan fingerprint density at radius 2 is 1.96 bits per heavy atom. The summed E-state index contributed by atoms with van der Waals surface area (Å²) in [4.78, 5) is 14.3. The van der Waals surface area contributed by atoms with Crippen LogP contribution in [0.1, 0.15) is 43.7 Å². The average Bonchev–Trinajstić information content (AvgIpc) is 3.11. The van der Waals surface area contributed by atoms with Crippen molar-refractivity contribution in [1.82, 2.24) is 14.7 Å². The van der Waals surface area contributed by atoms with Gasteiger partial charge in [-0.1, -0.05) is 49.6 Å². The first-order chi connectivity index (χ1) is 12.3. The molecule has 1 aliphatic carbocycles. The maximum Gasteiger partial charge on any atom is 0.323 e. The number of aliphatic hydroxyl groups excluding tert-OH is 1. The molecule has 1 aliphatic rings. The van der Waals surface area contributed by atoms with E-state index in [1.807, 2.05) is 41.1 Å². The van der Waals surface area contributed by atoms with E-state index in [4.69, 9.17) is 0 Å². The van der Waals surface area contributed by atoms with Crippen molar-refractivity contribution in [2.75, 3.05) is 18.5 Å². The molecule has 6 nitrogen and oxygen atoms in total. The number of rotatable bonds is 6. The number of aliphatic hydroxyl groups is 1. The van der Waals surface area contributed by atoms with Gasteiger partial charge in [0.15, 0.2) is 0 Å². The second kappa shape index (κ2) is 8.67. The van der Waals surface area contributed by atoms with Crippen molar-refractivity contribution in [1.29, 1.82) is 0 Å². The minimum Gasteiger partial charge on any atom is -0.395 e. The van der Waals surface area contributed by atoms with Crippen molar-refractivity contribution in [3.63, 3.8) is 0 Å². The SMILES string of the molecule is O=C(Nc1ccnn1C1CCCCC1)N(CCO)Cc1ccccc1. The van der Waals surface area contributed by atoms with Crippen LogP contribution in [0.5, 0.6) is 0 Å². The fraction of sp³-hybridized carbons (Fsp3) is 0.474. The predicted molar refractivity (Wildman–Crippen MR) is 97.3 cm³/mol. The molecule has 0 spiro atoms. The van der Waals surface area contributed by atoms with Gasteiger partial charge in [0, 0.05) is 19.2 Å². The van der Waals surface area contributed by atoms with Crippen LogP contribution in [0.15, 0.2) is 42.6 Å². The number of carbonyl (C=O) groups excluding carboxylic acids is 1. The highest BCUT2D eigenvalue weighted by molar-refractivity contribution is 5.88. The predicted octanol–water partition coefficient (Wildman–Crippen LogP) is 3.41. The molecule has 0 bridgehead atoms. The molecule has 0 aliphatic heterocycles. The Hall–Kier alpha value is -2.34. The van der Waals surface area contributed by atoms with Gasteiger partial charge in [0.1, 0.15) is 5.82 Å². The number of hydrogen-bond acceptors (Lipinski definition) is 3. The van der Waals surface area contributed by atoms with Crippen LogP contribution in [-0.2, 0) is 6.54 Å². The monoisotopic (exact) mass is 342 g/mol. The van der Waals surface area contributed by atoms with Crippen LogP contribution < -0.4 is 5.32 Å². The van der Waals surface area contributed by atoms with E-state index in [9.17, 15) is 9.90 Å². The molecule has 2 N–H and O–H groups in total. The van der Waals surface area contributed by atoms with Gasteiger partial charge in [0.25, 0.3) is 0 Å². The summed E-state index contributed by atoms with van der Waals surface area (Å²) in [6.07, 6.45) is 7.65. The molecule has 2 amide bonds. The van der Waals surface area contributed by atoms with Gasteiger partial charge >= 0.3 is 6.03 Å². The summed E-state index contributed by atoms with van der Waals surface area (Å²) in [6, 6.07) is 11.8. The lowest BCUT2D eigenvalue weighted by molar-refractivity contribution is 0.185. The van der Waals surface area contributed by atoms with Crippen LogP contribution in [0.3, 0.4) is 0 Å². The molecular weight excluding hydrogens is 316 g/mol. The van der Waals surface area contributed by atoms with E-state index in [1.165, 1.54) is 19.3 Å². The van der Waals surface area contributed by atoms with Crippen molar-refractivity contribution < 1.29 is 9.90 Å². The molecule has 0 saturated heterocycles. The molecule has 3 rings (SSSR count). The van der Waals surface area contributed by atoms with Crippen molar-refractivity contribution in [3.05, 3.63) is 48.2 Å². The number of benzene rings is 1. The fourth-order valence-electron chi connectivity index (χ4n) is 3.40. The molecule has 2 aromatic rings. The topological polar surface area (TPSA) is 70.4 Å². The zero-order valence-corrected chi connectivity index (χ0v) is 14.5. The molecule has 6 heteroatoms. The lowest BCUT2D eigenvalue weighted by Gasteiger charge is -2.26. The van der Waals surface area contributed by atoms with Crippen molar-refractivity contribution in [3.8, 4) is 0 Å². The molecule has 1 aromatic carbocycles. The number of urea groups is 1. The van der Waals surface area contributed by atoms with Crippen LogP contribution >= 0.6 is 0 Å². The Morgan fingerprint density at radius 1 is 1.20 bits per heavy atom. The minimum atomic E-state index is -0.213. The Bertz CT molecular complexity index is 665. The van der Waals surface area contributed by atoms with Gasteiger partial charge in [-0.3, -0.25) is 5.32 Å².